The molecular formula is C16H22N2O3. The maximum atomic E-state index is 9.69. The number of hydrogen-bond acceptors (Lipinski definition) is 5. The molecule has 2 rings (SSSR count). The van der Waals surface area contributed by atoms with Gasteiger partial charge in [0.15, 0.2) is 5.76 Å². The van der Waals surface area contributed by atoms with Gasteiger partial charge in [-0.1, -0.05) is 35.0 Å². The van der Waals surface area contributed by atoms with E-state index in [1.807, 2.05) is 30.1 Å². The number of hydrogen-bond donors (Lipinski definition) is 1. The summed E-state index contributed by atoms with van der Waals surface area (Å²) in [6.45, 7) is 3.50. The Morgan fingerprint density at radius 3 is 2.71 bits per heavy atom. The van der Waals surface area contributed by atoms with Gasteiger partial charge in [-0.25, -0.2) is 0 Å². The zero-order valence-corrected chi connectivity index (χ0v) is 12.7. The maximum absolute atomic E-state index is 9.69. The Labute approximate surface area is 125 Å². The van der Waals surface area contributed by atoms with Crippen molar-refractivity contribution in [2.45, 2.75) is 19.6 Å². The molecule has 0 saturated carbocycles. The third-order valence-corrected chi connectivity index (χ3v) is 3.21. The van der Waals surface area contributed by atoms with Gasteiger partial charge in [-0.15, -0.1) is 0 Å². The number of aromatic nitrogens is 1. The Morgan fingerprint density at radius 2 is 2.05 bits per heavy atom. The van der Waals surface area contributed by atoms with Crippen molar-refractivity contribution in [3.05, 3.63) is 41.7 Å². The SMILES string of the molecule is COCC(O)CN(C)Cc1cc(-c2ccc(C)cc2)no1. The molecule has 0 aliphatic carbocycles. The standard InChI is InChI=1S/C16H22N2O3/c1-12-4-6-13(7-5-12)16-8-15(21-17-16)10-18(2)9-14(19)11-20-3/h4-8,14,19H,9-11H2,1-3H3. The number of aliphatic hydroxyl groups is 1. The molecule has 1 aromatic carbocycles. The Morgan fingerprint density at radius 1 is 1.33 bits per heavy atom. The van der Waals surface area contributed by atoms with Crippen LogP contribution in [0.2, 0.25) is 0 Å². The van der Waals surface area contributed by atoms with Crippen molar-refractivity contribution in [3.63, 3.8) is 0 Å². The lowest BCUT2D eigenvalue weighted by Crippen LogP contribution is -2.31. The van der Waals surface area contributed by atoms with Crippen LogP contribution in [0.25, 0.3) is 11.3 Å². The van der Waals surface area contributed by atoms with E-state index >= 15 is 0 Å². The van der Waals surface area contributed by atoms with Gasteiger partial charge in [0.05, 0.1) is 19.3 Å². The summed E-state index contributed by atoms with van der Waals surface area (Å²) < 4.78 is 10.3. The van der Waals surface area contributed by atoms with Crippen LogP contribution in [0.4, 0.5) is 0 Å². The molecule has 0 saturated heterocycles. The summed E-state index contributed by atoms with van der Waals surface area (Å²) in [5, 5.41) is 13.8. The van der Waals surface area contributed by atoms with Crippen molar-refractivity contribution >= 4 is 0 Å². The van der Waals surface area contributed by atoms with Crippen LogP contribution < -0.4 is 0 Å². The third kappa shape index (κ3) is 4.67. The first kappa shape index (κ1) is 15.7. The summed E-state index contributed by atoms with van der Waals surface area (Å²) in [6.07, 6.45) is -0.500. The predicted octanol–water partition coefficient (Wildman–Crippen LogP) is 2.09. The van der Waals surface area contributed by atoms with E-state index in [1.165, 1.54) is 5.56 Å². The molecule has 1 atom stereocenters. The molecular weight excluding hydrogens is 268 g/mol. The lowest BCUT2D eigenvalue weighted by atomic mass is 10.1. The molecule has 1 heterocycles. The molecule has 2 aromatic rings. The number of aliphatic hydroxyl groups excluding tert-OH is 1. The number of nitrogens with zero attached hydrogens (tertiary/aromatic N) is 2. The monoisotopic (exact) mass is 290 g/mol. The molecule has 5 heteroatoms. The van der Waals surface area contributed by atoms with Gasteiger partial charge in [-0.05, 0) is 14.0 Å². The van der Waals surface area contributed by atoms with Gasteiger partial charge in [-0.3, -0.25) is 4.90 Å². The second-order valence-corrected chi connectivity index (χ2v) is 5.35. The second-order valence-electron chi connectivity index (χ2n) is 5.35. The van der Waals surface area contributed by atoms with E-state index in [4.69, 9.17) is 9.26 Å². The van der Waals surface area contributed by atoms with Crippen molar-refractivity contribution in [2.75, 3.05) is 27.3 Å². The van der Waals surface area contributed by atoms with E-state index in [9.17, 15) is 5.11 Å². The zero-order valence-electron chi connectivity index (χ0n) is 12.7. The number of methoxy groups -OCH3 is 1. The minimum Gasteiger partial charge on any atom is -0.389 e. The molecule has 1 N–H and O–H groups in total. The van der Waals surface area contributed by atoms with Crippen LogP contribution in [-0.4, -0.2) is 48.6 Å². The summed E-state index contributed by atoms with van der Waals surface area (Å²) in [5.41, 5.74) is 3.09. The number of aryl methyl sites for hydroxylation is 1. The topological polar surface area (TPSA) is 58.7 Å². The molecule has 0 amide bonds. The largest absolute Gasteiger partial charge is 0.389 e. The van der Waals surface area contributed by atoms with Crippen LogP contribution in [0.15, 0.2) is 34.9 Å². The molecule has 114 valence electrons. The number of likely N-dealkylation sites (N-methyl/N-ethyl adjacent to an activating group) is 1. The first-order chi connectivity index (χ1) is 10.1. The first-order valence-electron chi connectivity index (χ1n) is 6.96. The lowest BCUT2D eigenvalue weighted by Gasteiger charge is -2.18. The highest BCUT2D eigenvalue weighted by Gasteiger charge is 2.12. The van der Waals surface area contributed by atoms with E-state index in [1.54, 1.807) is 7.11 Å². The molecule has 1 aromatic heterocycles. The van der Waals surface area contributed by atoms with E-state index in [0.717, 1.165) is 17.0 Å². The lowest BCUT2D eigenvalue weighted by molar-refractivity contribution is 0.0403. The molecule has 0 radical (unpaired) electrons. The van der Waals surface area contributed by atoms with Crippen LogP contribution in [0.1, 0.15) is 11.3 Å². The Balaban J connectivity index is 1.95. The highest BCUT2D eigenvalue weighted by molar-refractivity contribution is 5.59. The van der Waals surface area contributed by atoms with Gasteiger partial charge in [0.1, 0.15) is 5.69 Å². The molecule has 1 unspecified atom stereocenters. The van der Waals surface area contributed by atoms with Crippen molar-refractivity contribution in [2.24, 2.45) is 0 Å². The fraction of sp³-hybridized carbons (Fsp3) is 0.438. The summed E-state index contributed by atoms with van der Waals surface area (Å²) in [6, 6.07) is 10.1. The summed E-state index contributed by atoms with van der Waals surface area (Å²) >= 11 is 0. The summed E-state index contributed by atoms with van der Waals surface area (Å²) in [7, 11) is 3.50. The minimum absolute atomic E-state index is 0.329. The number of benzene rings is 1. The van der Waals surface area contributed by atoms with E-state index < -0.39 is 6.10 Å². The summed E-state index contributed by atoms with van der Waals surface area (Å²) in [4.78, 5) is 1.98. The van der Waals surface area contributed by atoms with Gasteiger partial charge in [-0.2, -0.15) is 0 Å². The fourth-order valence-electron chi connectivity index (χ4n) is 2.18. The summed E-state index contributed by atoms with van der Waals surface area (Å²) in [5.74, 6) is 0.776. The Kier molecular flexibility index (Phi) is 5.50. The van der Waals surface area contributed by atoms with Crippen molar-refractivity contribution in [1.29, 1.82) is 0 Å². The number of rotatable bonds is 7. The van der Waals surface area contributed by atoms with Gasteiger partial charge in [0.2, 0.25) is 0 Å². The van der Waals surface area contributed by atoms with Crippen LogP contribution >= 0.6 is 0 Å². The maximum Gasteiger partial charge on any atom is 0.151 e. The van der Waals surface area contributed by atoms with E-state index in [-0.39, 0.29) is 0 Å². The van der Waals surface area contributed by atoms with Gasteiger partial charge in [0, 0.05) is 25.3 Å². The molecule has 0 aliphatic heterocycles. The van der Waals surface area contributed by atoms with Crippen LogP contribution in [0.5, 0.6) is 0 Å². The highest BCUT2D eigenvalue weighted by atomic mass is 16.5. The average molecular weight is 290 g/mol. The first-order valence-corrected chi connectivity index (χ1v) is 6.96. The normalized spacial score (nSPS) is 12.8. The van der Waals surface area contributed by atoms with E-state index in [2.05, 4.69) is 24.2 Å². The van der Waals surface area contributed by atoms with Crippen molar-refractivity contribution in [3.8, 4) is 11.3 Å². The van der Waals surface area contributed by atoms with Gasteiger partial charge >= 0.3 is 0 Å². The van der Waals surface area contributed by atoms with Crippen molar-refractivity contribution in [1.82, 2.24) is 10.1 Å². The van der Waals surface area contributed by atoms with Crippen LogP contribution in [-0.2, 0) is 11.3 Å². The third-order valence-electron chi connectivity index (χ3n) is 3.21. The second kappa shape index (κ2) is 7.36. The Bertz CT molecular complexity index is 551. The molecule has 0 fully saturated rings. The molecule has 0 spiro atoms. The molecule has 5 nitrogen and oxygen atoms in total. The number of ether oxygens (including phenoxy) is 1. The van der Waals surface area contributed by atoms with Crippen LogP contribution in [0.3, 0.4) is 0 Å². The molecule has 0 bridgehead atoms. The van der Waals surface area contributed by atoms with E-state index in [0.29, 0.717) is 19.7 Å². The highest BCUT2D eigenvalue weighted by Crippen LogP contribution is 2.20. The van der Waals surface area contributed by atoms with Crippen LogP contribution in [0, 0.1) is 6.92 Å². The quantitative estimate of drug-likeness (QED) is 0.846. The fourth-order valence-corrected chi connectivity index (χ4v) is 2.18. The van der Waals surface area contributed by atoms with Gasteiger partial charge < -0.3 is 14.4 Å². The smallest absolute Gasteiger partial charge is 0.151 e. The van der Waals surface area contributed by atoms with Crippen molar-refractivity contribution < 1.29 is 14.4 Å². The Hall–Kier alpha value is -1.69. The molecule has 21 heavy (non-hydrogen) atoms. The minimum atomic E-state index is -0.500. The predicted molar refractivity (Wildman–Crippen MR) is 80.9 cm³/mol. The van der Waals surface area contributed by atoms with Gasteiger partial charge in [0.25, 0.3) is 0 Å². The average Bonchev–Trinajstić information content (AvgIpc) is 2.88. The zero-order chi connectivity index (χ0) is 15.2. The molecule has 0 aliphatic rings.